The number of hydrogen-bond acceptors (Lipinski definition) is 6. The van der Waals surface area contributed by atoms with Crippen molar-refractivity contribution in [2.45, 2.75) is 33.1 Å². The Bertz CT molecular complexity index is 1840. The van der Waals surface area contributed by atoms with Crippen molar-refractivity contribution in [3.63, 3.8) is 0 Å². The normalized spacial score (nSPS) is 13.7. The van der Waals surface area contributed by atoms with E-state index in [1.54, 1.807) is 42.5 Å². The highest BCUT2D eigenvalue weighted by Crippen LogP contribution is 2.38. The number of ether oxygens (including phenoxy) is 3. The summed E-state index contributed by atoms with van der Waals surface area (Å²) < 4.78 is 23.6. The summed E-state index contributed by atoms with van der Waals surface area (Å²) in [5, 5.41) is 0.583. The molecule has 1 aliphatic heterocycles. The van der Waals surface area contributed by atoms with Crippen LogP contribution in [0.1, 0.15) is 59.5 Å². The zero-order valence-electron chi connectivity index (χ0n) is 23.9. The van der Waals surface area contributed by atoms with E-state index in [0.29, 0.717) is 40.4 Å². The van der Waals surface area contributed by atoms with Gasteiger partial charge in [0.2, 0.25) is 5.78 Å². The van der Waals surface area contributed by atoms with Crippen LogP contribution >= 0.6 is 0 Å². The largest absolute Gasteiger partial charge is 0.494 e. The molecule has 6 nitrogen and oxygen atoms in total. The molecule has 0 radical (unpaired) electrons. The maximum atomic E-state index is 13.7. The molecule has 5 aromatic rings. The molecule has 0 atom stereocenters. The first-order chi connectivity index (χ1) is 20.2. The van der Waals surface area contributed by atoms with Crippen LogP contribution in [0, 0.1) is 0 Å². The Morgan fingerprint density at radius 2 is 1.62 bits per heavy atom. The van der Waals surface area contributed by atoms with Crippen LogP contribution in [0.3, 0.4) is 0 Å². The summed E-state index contributed by atoms with van der Waals surface area (Å²) in [6.45, 7) is 8.84. The smallest absolute Gasteiger partial charge is 0.348 e. The van der Waals surface area contributed by atoms with Crippen molar-refractivity contribution in [1.82, 2.24) is 0 Å². The molecule has 0 fully saturated rings. The van der Waals surface area contributed by atoms with Gasteiger partial charge in [0.05, 0.1) is 12.2 Å². The Morgan fingerprint density at radius 3 is 2.33 bits per heavy atom. The Balaban J connectivity index is 1.29. The van der Waals surface area contributed by atoms with Crippen molar-refractivity contribution in [3.8, 4) is 28.6 Å². The quantitative estimate of drug-likeness (QED) is 0.118. The van der Waals surface area contributed by atoms with Crippen molar-refractivity contribution in [3.05, 3.63) is 119 Å². The van der Waals surface area contributed by atoms with Gasteiger partial charge in [-0.3, -0.25) is 4.79 Å². The second-order valence-electron chi connectivity index (χ2n) is 11.1. The second-order valence-corrected chi connectivity index (χ2v) is 11.1. The van der Waals surface area contributed by atoms with Gasteiger partial charge in [-0.2, -0.15) is 0 Å². The summed E-state index contributed by atoms with van der Waals surface area (Å²) >= 11 is 0. The first kappa shape index (κ1) is 27.1. The standard InChI is InChI=1S/C36H30O6/c1-5-39-25-16-18-29-28(20-25)32(34(42-29)23-9-7-6-8-10-23)35(38)40-26-15-17-27-30(21-26)41-31(33(27)37)19-22-11-13-24(14-12-22)36(2,3)4/h6-21H,5H2,1-4H3/b31-19-. The Labute approximate surface area is 244 Å². The maximum Gasteiger partial charge on any atom is 0.348 e. The van der Waals surface area contributed by atoms with Crippen LogP contribution in [0.5, 0.6) is 17.2 Å². The zero-order valence-corrected chi connectivity index (χ0v) is 23.9. The summed E-state index contributed by atoms with van der Waals surface area (Å²) in [6, 6.07) is 27.6. The molecule has 1 aliphatic rings. The number of carbonyl (C=O) groups excluding carboxylic acids is 2. The number of hydrogen-bond donors (Lipinski definition) is 0. The minimum Gasteiger partial charge on any atom is -0.494 e. The number of ketones is 1. The number of allylic oxidation sites excluding steroid dienone is 1. The molecule has 2 heterocycles. The first-order valence-electron chi connectivity index (χ1n) is 13.9. The van der Waals surface area contributed by atoms with Gasteiger partial charge in [0.25, 0.3) is 0 Å². The summed E-state index contributed by atoms with van der Waals surface area (Å²) in [5.41, 5.74) is 4.07. The fourth-order valence-corrected chi connectivity index (χ4v) is 4.95. The van der Waals surface area contributed by atoms with E-state index in [2.05, 4.69) is 32.9 Å². The van der Waals surface area contributed by atoms with Gasteiger partial charge in [0, 0.05) is 17.0 Å². The van der Waals surface area contributed by atoms with Crippen molar-refractivity contribution in [2.75, 3.05) is 6.61 Å². The highest BCUT2D eigenvalue weighted by Gasteiger charge is 2.29. The molecule has 0 bridgehead atoms. The molecular weight excluding hydrogens is 528 g/mol. The average molecular weight is 559 g/mol. The van der Waals surface area contributed by atoms with Crippen molar-refractivity contribution >= 4 is 28.8 Å². The van der Waals surface area contributed by atoms with Crippen LogP contribution in [0.4, 0.5) is 0 Å². The highest BCUT2D eigenvalue weighted by atomic mass is 16.5. The number of furan rings is 1. The number of rotatable bonds is 6. The van der Waals surface area contributed by atoms with E-state index >= 15 is 0 Å². The predicted octanol–water partition coefficient (Wildman–Crippen LogP) is 8.63. The van der Waals surface area contributed by atoms with Gasteiger partial charge in [-0.25, -0.2) is 4.79 Å². The number of Topliss-reactive ketones (excluding diaryl/α,β-unsaturated/α-hetero) is 1. The maximum absolute atomic E-state index is 13.7. The molecule has 0 amide bonds. The molecular formula is C36H30O6. The van der Waals surface area contributed by atoms with Gasteiger partial charge >= 0.3 is 5.97 Å². The third kappa shape index (κ3) is 5.19. The van der Waals surface area contributed by atoms with Crippen LogP contribution in [-0.2, 0) is 5.41 Å². The van der Waals surface area contributed by atoms with Gasteiger partial charge in [0.15, 0.2) is 5.76 Å². The Kier molecular flexibility index (Phi) is 6.91. The lowest BCUT2D eigenvalue weighted by Gasteiger charge is -2.18. The third-order valence-electron chi connectivity index (χ3n) is 7.14. The summed E-state index contributed by atoms with van der Waals surface area (Å²) in [7, 11) is 0. The number of carbonyl (C=O) groups is 2. The van der Waals surface area contributed by atoms with Gasteiger partial charge in [0.1, 0.15) is 34.2 Å². The van der Waals surface area contributed by atoms with Gasteiger partial charge in [-0.15, -0.1) is 0 Å². The first-order valence-corrected chi connectivity index (χ1v) is 13.9. The van der Waals surface area contributed by atoms with Crippen molar-refractivity contribution in [2.24, 2.45) is 0 Å². The van der Waals surface area contributed by atoms with Gasteiger partial charge in [-0.05, 0) is 59.9 Å². The number of fused-ring (bicyclic) bond motifs is 2. The van der Waals surface area contributed by atoms with Crippen molar-refractivity contribution in [1.29, 1.82) is 0 Å². The van der Waals surface area contributed by atoms with E-state index in [1.807, 2.05) is 49.4 Å². The van der Waals surface area contributed by atoms with Crippen LogP contribution in [0.25, 0.3) is 28.4 Å². The molecule has 0 spiro atoms. The molecule has 42 heavy (non-hydrogen) atoms. The molecule has 210 valence electrons. The fraction of sp³-hybridized carbons (Fsp3) is 0.167. The molecule has 0 N–H and O–H groups in total. The number of benzene rings is 4. The minimum absolute atomic E-state index is 0.0333. The van der Waals surface area contributed by atoms with Crippen LogP contribution in [0.2, 0.25) is 0 Å². The molecule has 0 saturated heterocycles. The summed E-state index contributed by atoms with van der Waals surface area (Å²) in [6.07, 6.45) is 1.72. The summed E-state index contributed by atoms with van der Waals surface area (Å²) in [5.74, 6) is 1.00. The SMILES string of the molecule is CCOc1ccc2oc(-c3ccccc3)c(C(=O)Oc3ccc4c(c3)O/C(=C\c3ccc(C(C)(C)C)cc3)C4=O)c2c1. The van der Waals surface area contributed by atoms with E-state index in [4.69, 9.17) is 18.6 Å². The number of esters is 1. The molecule has 0 unspecified atom stereocenters. The topological polar surface area (TPSA) is 75.0 Å². The fourth-order valence-electron chi connectivity index (χ4n) is 4.95. The second kappa shape index (κ2) is 10.7. The van der Waals surface area contributed by atoms with Crippen LogP contribution in [0.15, 0.2) is 101 Å². The summed E-state index contributed by atoms with van der Waals surface area (Å²) in [4.78, 5) is 26.7. The molecule has 1 aromatic heterocycles. The molecule has 4 aromatic carbocycles. The lowest BCUT2D eigenvalue weighted by Crippen LogP contribution is -2.10. The van der Waals surface area contributed by atoms with Crippen LogP contribution in [-0.4, -0.2) is 18.4 Å². The van der Waals surface area contributed by atoms with E-state index < -0.39 is 5.97 Å². The van der Waals surface area contributed by atoms with Gasteiger partial charge < -0.3 is 18.6 Å². The Hall–Kier alpha value is -5.10. The van der Waals surface area contributed by atoms with Gasteiger partial charge in [-0.1, -0.05) is 75.4 Å². The lowest BCUT2D eigenvalue weighted by atomic mass is 9.86. The predicted molar refractivity (Wildman–Crippen MR) is 162 cm³/mol. The monoisotopic (exact) mass is 558 g/mol. The minimum atomic E-state index is -0.597. The average Bonchev–Trinajstić information content (AvgIpc) is 3.50. The zero-order chi connectivity index (χ0) is 29.4. The molecule has 6 rings (SSSR count). The van der Waals surface area contributed by atoms with Crippen molar-refractivity contribution < 1.29 is 28.2 Å². The van der Waals surface area contributed by atoms with Crippen LogP contribution < -0.4 is 14.2 Å². The van der Waals surface area contributed by atoms with E-state index in [-0.39, 0.29) is 28.3 Å². The highest BCUT2D eigenvalue weighted by molar-refractivity contribution is 6.15. The van der Waals surface area contributed by atoms with E-state index in [1.165, 1.54) is 5.56 Å². The van der Waals surface area contributed by atoms with E-state index in [9.17, 15) is 9.59 Å². The lowest BCUT2D eigenvalue weighted by molar-refractivity contribution is 0.0736. The molecule has 0 aliphatic carbocycles. The van der Waals surface area contributed by atoms with E-state index in [0.717, 1.165) is 11.1 Å². The molecule has 0 saturated carbocycles. The molecule has 6 heteroatoms. The third-order valence-corrected chi connectivity index (χ3v) is 7.14. The Morgan fingerprint density at radius 1 is 0.881 bits per heavy atom.